The number of carbonyl (C=O) groups excluding carboxylic acids is 3. The summed E-state index contributed by atoms with van der Waals surface area (Å²) in [4.78, 5) is 50.6. The molecule has 0 atom stereocenters. The first-order valence-corrected chi connectivity index (χ1v) is 18.2. The molecular weight excluding hydrogens is 687 g/mol. The molecule has 3 aromatic carbocycles. The van der Waals surface area contributed by atoms with Crippen LogP contribution in [-0.4, -0.2) is 55.4 Å². The van der Waals surface area contributed by atoms with E-state index < -0.39 is 5.82 Å². The van der Waals surface area contributed by atoms with Crippen LogP contribution in [0, 0.1) is 11.2 Å². The minimum atomic E-state index is -0.502. The van der Waals surface area contributed by atoms with Gasteiger partial charge < -0.3 is 19.9 Å². The van der Waals surface area contributed by atoms with Crippen LogP contribution in [0.25, 0.3) is 10.4 Å². The molecule has 0 aliphatic carbocycles. The maximum atomic E-state index is 14.4. The Kier molecular flexibility index (Phi) is 8.91. The maximum Gasteiger partial charge on any atom is 0.259 e. The first-order chi connectivity index (χ1) is 24.8. The molecule has 258 valence electrons. The summed E-state index contributed by atoms with van der Waals surface area (Å²) in [7, 11) is 0. The normalized spacial score (nSPS) is 16.1. The van der Waals surface area contributed by atoms with E-state index in [0.717, 1.165) is 60.8 Å². The van der Waals surface area contributed by atoms with E-state index in [4.69, 9.17) is 16.3 Å². The van der Waals surface area contributed by atoms with Gasteiger partial charge in [-0.25, -0.2) is 9.37 Å². The fourth-order valence-electron chi connectivity index (χ4n) is 7.30. The van der Waals surface area contributed by atoms with Crippen molar-refractivity contribution in [2.75, 3.05) is 48.0 Å². The molecule has 3 aliphatic rings. The third kappa shape index (κ3) is 6.44. The van der Waals surface area contributed by atoms with E-state index in [1.165, 1.54) is 23.5 Å². The summed E-state index contributed by atoms with van der Waals surface area (Å²) in [5.74, 6) is -0.458. The van der Waals surface area contributed by atoms with Crippen LogP contribution < -0.4 is 15.1 Å². The first kappa shape index (κ1) is 33.3. The highest BCUT2D eigenvalue weighted by Crippen LogP contribution is 2.43. The lowest BCUT2D eigenvalue weighted by atomic mass is 9.73. The Balaban J connectivity index is 0.968. The first-order valence-electron chi connectivity index (χ1n) is 17.0. The zero-order chi connectivity index (χ0) is 35.1. The zero-order valence-electron chi connectivity index (χ0n) is 27.7. The molecule has 1 N–H and O–H groups in total. The maximum absolute atomic E-state index is 14.4. The molecule has 3 aliphatic heterocycles. The van der Waals surface area contributed by atoms with E-state index in [9.17, 15) is 18.8 Å². The molecule has 2 saturated heterocycles. The second-order valence-corrected chi connectivity index (χ2v) is 14.8. The van der Waals surface area contributed by atoms with Gasteiger partial charge in [-0.1, -0.05) is 35.9 Å². The second kappa shape index (κ2) is 13.7. The molecule has 11 heteroatoms. The Hall–Kier alpha value is -4.90. The van der Waals surface area contributed by atoms with E-state index >= 15 is 0 Å². The van der Waals surface area contributed by atoms with E-state index in [2.05, 4.69) is 15.2 Å². The number of hydrogen-bond donors (Lipinski definition) is 1. The number of ketones is 1. The molecule has 0 unspecified atom stereocenters. The van der Waals surface area contributed by atoms with E-state index in [-0.39, 0.29) is 40.0 Å². The van der Waals surface area contributed by atoms with Gasteiger partial charge in [-0.2, -0.15) is 0 Å². The molecule has 8 nitrogen and oxygen atoms in total. The molecule has 5 aromatic rings. The van der Waals surface area contributed by atoms with Gasteiger partial charge in [0.25, 0.3) is 11.8 Å². The minimum absolute atomic E-state index is 0.133. The molecule has 2 aromatic heterocycles. The lowest BCUT2D eigenvalue weighted by Crippen LogP contribution is -2.59. The van der Waals surface area contributed by atoms with Gasteiger partial charge in [0.05, 0.1) is 16.1 Å². The topological polar surface area (TPSA) is 91.8 Å². The standard InChI is InChI=1S/C40H34ClFN4O4S/c41-31-7-3-8-32(42)30(31)22-34(47)35-21-26-14-18-46(33-9-2-1-5-28(33)36(26)51-35)39(49)25-10-12-27(13-11-25)44-38(48)29-6-4-17-43-37(29)45-23-40(24-45)15-19-50-20-16-40/h1-13,17,21H,14-16,18-20,22-24H2,(H,44,48). The van der Waals surface area contributed by atoms with Gasteiger partial charge in [0.2, 0.25) is 0 Å². The van der Waals surface area contributed by atoms with Crippen molar-refractivity contribution in [3.63, 3.8) is 0 Å². The molecule has 0 saturated carbocycles. The second-order valence-electron chi connectivity index (χ2n) is 13.4. The number of rotatable bonds is 7. The van der Waals surface area contributed by atoms with Crippen molar-refractivity contribution in [1.29, 1.82) is 0 Å². The number of amides is 2. The average molecular weight is 721 g/mol. The van der Waals surface area contributed by atoms with Crippen molar-refractivity contribution in [2.45, 2.75) is 25.7 Å². The summed E-state index contributed by atoms with van der Waals surface area (Å²) in [5, 5.41) is 3.21. The number of pyridine rings is 1. The van der Waals surface area contributed by atoms with E-state index in [0.29, 0.717) is 40.5 Å². The van der Waals surface area contributed by atoms with Gasteiger partial charge in [0.15, 0.2) is 5.78 Å². The van der Waals surface area contributed by atoms with Crippen LogP contribution in [0.1, 0.15) is 54.4 Å². The van der Waals surface area contributed by atoms with E-state index in [1.54, 1.807) is 53.6 Å². The van der Waals surface area contributed by atoms with Crippen molar-refractivity contribution in [3.05, 3.63) is 129 Å². The SMILES string of the molecule is O=C(Cc1c(F)cccc1Cl)c1cc2c(s1)-c1ccccc1N(C(=O)c1ccc(NC(=O)c3cccnc3N3CC4(CCOCC4)C3)cc1)CC2. The quantitative estimate of drug-likeness (QED) is 0.171. The Labute approximate surface area is 303 Å². The van der Waals surface area contributed by atoms with E-state index in [1.807, 2.05) is 30.3 Å². The molecule has 8 rings (SSSR count). The monoisotopic (exact) mass is 720 g/mol. The van der Waals surface area contributed by atoms with Gasteiger partial charge in [0, 0.05) is 83.2 Å². The number of fused-ring (bicyclic) bond motifs is 3. The molecule has 2 amide bonds. The van der Waals surface area contributed by atoms with Gasteiger partial charge in [-0.05, 0) is 85.5 Å². The number of nitrogens with one attached hydrogen (secondary N) is 1. The Bertz CT molecular complexity index is 2140. The number of anilines is 3. The Morgan fingerprint density at radius 1 is 0.961 bits per heavy atom. The lowest BCUT2D eigenvalue weighted by molar-refractivity contribution is -0.000510. The van der Waals surface area contributed by atoms with Gasteiger partial charge in [-0.3, -0.25) is 14.4 Å². The van der Waals surface area contributed by atoms with Gasteiger partial charge in [0.1, 0.15) is 11.6 Å². The highest BCUT2D eigenvalue weighted by molar-refractivity contribution is 7.17. The summed E-state index contributed by atoms with van der Waals surface area (Å²) in [6.45, 7) is 3.68. The lowest BCUT2D eigenvalue weighted by Gasteiger charge is -2.53. The number of halogens is 2. The van der Waals surface area contributed by atoms with Crippen LogP contribution in [0.2, 0.25) is 5.02 Å². The average Bonchev–Trinajstić information content (AvgIpc) is 3.50. The van der Waals surface area contributed by atoms with Crippen molar-refractivity contribution in [3.8, 4) is 10.4 Å². The molecule has 0 radical (unpaired) electrons. The highest BCUT2D eigenvalue weighted by Gasteiger charge is 2.45. The number of carbonyl (C=O) groups is 3. The largest absolute Gasteiger partial charge is 0.381 e. The van der Waals surface area contributed by atoms with Crippen LogP contribution >= 0.6 is 22.9 Å². The number of para-hydroxylation sites is 1. The molecule has 51 heavy (non-hydrogen) atoms. The number of aromatic nitrogens is 1. The van der Waals surface area contributed by atoms with Crippen LogP contribution in [-0.2, 0) is 17.6 Å². The number of nitrogens with zero attached hydrogens (tertiary/aromatic N) is 3. The summed E-state index contributed by atoms with van der Waals surface area (Å²) >= 11 is 7.55. The number of benzene rings is 3. The number of thiophene rings is 1. The molecule has 1 spiro atoms. The third-order valence-electron chi connectivity index (χ3n) is 10.1. The van der Waals surface area contributed by atoms with Crippen molar-refractivity contribution in [1.82, 2.24) is 4.98 Å². The van der Waals surface area contributed by atoms with Crippen LogP contribution in [0.3, 0.4) is 0 Å². The summed E-state index contributed by atoms with van der Waals surface area (Å²) < 4.78 is 20.0. The predicted octanol–water partition coefficient (Wildman–Crippen LogP) is 8.10. The van der Waals surface area contributed by atoms with Crippen molar-refractivity contribution < 1.29 is 23.5 Å². The zero-order valence-corrected chi connectivity index (χ0v) is 29.2. The number of Topliss-reactive ketones (excluding diaryl/α,β-unsaturated/α-hetero) is 1. The number of hydrogen-bond acceptors (Lipinski definition) is 7. The van der Waals surface area contributed by atoms with Crippen molar-refractivity contribution >= 4 is 57.7 Å². The Morgan fingerprint density at radius 2 is 1.75 bits per heavy atom. The van der Waals surface area contributed by atoms with Crippen LogP contribution in [0.5, 0.6) is 0 Å². The van der Waals surface area contributed by atoms with Crippen molar-refractivity contribution in [2.24, 2.45) is 5.41 Å². The van der Waals surface area contributed by atoms with Crippen LogP contribution in [0.15, 0.2) is 91.1 Å². The molecule has 0 bridgehead atoms. The summed E-state index contributed by atoms with van der Waals surface area (Å²) in [5.41, 5.74) is 4.55. The summed E-state index contributed by atoms with van der Waals surface area (Å²) in [6, 6.07) is 24.4. The molecular formula is C40H34ClFN4O4S. The molecule has 5 heterocycles. The minimum Gasteiger partial charge on any atom is -0.381 e. The molecule has 2 fully saturated rings. The number of ether oxygens (including phenoxy) is 1. The van der Waals surface area contributed by atoms with Gasteiger partial charge >= 0.3 is 0 Å². The highest BCUT2D eigenvalue weighted by atomic mass is 35.5. The third-order valence-corrected chi connectivity index (χ3v) is 11.7. The fourth-order valence-corrected chi connectivity index (χ4v) is 8.72. The van der Waals surface area contributed by atoms with Gasteiger partial charge in [-0.15, -0.1) is 11.3 Å². The van der Waals surface area contributed by atoms with Crippen LogP contribution in [0.4, 0.5) is 21.6 Å². The predicted molar refractivity (Wildman–Crippen MR) is 198 cm³/mol. The Morgan fingerprint density at radius 3 is 2.53 bits per heavy atom. The summed E-state index contributed by atoms with van der Waals surface area (Å²) in [6.07, 6.45) is 4.17. The smallest absolute Gasteiger partial charge is 0.259 e. The fraction of sp³-hybridized carbons (Fsp3) is 0.250.